The van der Waals surface area contributed by atoms with Gasteiger partial charge in [-0.25, -0.2) is 4.39 Å². The first-order valence-electron chi connectivity index (χ1n) is 7.10. The zero-order valence-corrected chi connectivity index (χ0v) is 12.7. The highest BCUT2D eigenvalue weighted by Gasteiger charge is 2.12. The van der Waals surface area contributed by atoms with E-state index in [9.17, 15) is 19.3 Å². The fourth-order valence-electron chi connectivity index (χ4n) is 2.09. The molecule has 10 heteroatoms. The molecule has 0 bridgehead atoms. The minimum Gasteiger partial charge on any atom is -0.345 e. The smallest absolute Gasteiger partial charge is 0.269 e. The summed E-state index contributed by atoms with van der Waals surface area (Å²) in [6, 6.07) is 10.8. The lowest BCUT2D eigenvalue weighted by Crippen LogP contribution is -2.24. The summed E-state index contributed by atoms with van der Waals surface area (Å²) in [5, 5.41) is 24.4. The van der Waals surface area contributed by atoms with Gasteiger partial charge in [-0.15, -0.1) is 5.10 Å². The number of benzene rings is 2. The Bertz CT molecular complexity index is 908. The van der Waals surface area contributed by atoms with Crippen LogP contribution in [0.4, 0.5) is 10.1 Å². The highest BCUT2D eigenvalue weighted by molar-refractivity contribution is 5.94. The van der Waals surface area contributed by atoms with Crippen LogP contribution in [0.1, 0.15) is 16.2 Å². The van der Waals surface area contributed by atoms with Crippen LogP contribution >= 0.6 is 0 Å². The molecule has 0 radical (unpaired) electrons. The van der Waals surface area contributed by atoms with Crippen molar-refractivity contribution in [2.75, 3.05) is 0 Å². The van der Waals surface area contributed by atoms with Crippen molar-refractivity contribution in [2.24, 2.45) is 0 Å². The normalized spacial score (nSPS) is 10.4. The van der Waals surface area contributed by atoms with E-state index >= 15 is 0 Å². The van der Waals surface area contributed by atoms with Gasteiger partial charge in [-0.1, -0.05) is 0 Å². The molecule has 0 aliphatic rings. The number of hydrogen-bond donors (Lipinski definition) is 1. The predicted octanol–water partition coefficient (Wildman–Crippen LogP) is 1.64. The van der Waals surface area contributed by atoms with Crippen molar-refractivity contribution in [3.05, 3.63) is 75.9 Å². The van der Waals surface area contributed by atoms with E-state index in [0.29, 0.717) is 11.5 Å². The van der Waals surface area contributed by atoms with Crippen LogP contribution in [0.3, 0.4) is 0 Å². The summed E-state index contributed by atoms with van der Waals surface area (Å²) in [5.41, 5.74) is 0.717. The molecule has 3 rings (SSSR count). The summed E-state index contributed by atoms with van der Waals surface area (Å²) >= 11 is 0. The van der Waals surface area contributed by atoms with Crippen LogP contribution in [0.25, 0.3) is 5.69 Å². The molecular formula is C15H11FN6O3. The Labute approximate surface area is 140 Å². The SMILES string of the molecule is O=C(NCc1nnnn1-c1ccc(F)cc1)c1ccc([N+](=O)[O-])cc1. The molecule has 1 heterocycles. The van der Waals surface area contributed by atoms with Gasteiger partial charge < -0.3 is 5.32 Å². The van der Waals surface area contributed by atoms with Gasteiger partial charge in [0.05, 0.1) is 17.2 Å². The van der Waals surface area contributed by atoms with Crippen molar-refractivity contribution in [3.8, 4) is 5.69 Å². The third-order valence-electron chi connectivity index (χ3n) is 3.35. The van der Waals surface area contributed by atoms with Crippen LogP contribution < -0.4 is 5.32 Å². The van der Waals surface area contributed by atoms with Gasteiger partial charge in [-0.05, 0) is 46.8 Å². The molecule has 25 heavy (non-hydrogen) atoms. The maximum Gasteiger partial charge on any atom is 0.269 e. The van der Waals surface area contributed by atoms with Gasteiger partial charge in [-0.3, -0.25) is 14.9 Å². The Kier molecular flexibility index (Phi) is 4.42. The van der Waals surface area contributed by atoms with Crippen molar-refractivity contribution in [3.63, 3.8) is 0 Å². The first-order chi connectivity index (χ1) is 12.0. The van der Waals surface area contributed by atoms with Gasteiger partial charge in [0.15, 0.2) is 5.82 Å². The number of non-ortho nitro benzene ring substituents is 1. The van der Waals surface area contributed by atoms with E-state index in [4.69, 9.17) is 0 Å². The van der Waals surface area contributed by atoms with Gasteiger partial charge in [0.2, 0.25) is 0 Å². The van der Waals surface area contributed by atoms with E-state index in [1.165, 1.54) is 53.2 Å². The number of halogens is 1. The minimum atomic E-state index is -0.543. The zero-order chi connectivity index (χ0) is 17.8. The zero-order valence-electron chi connectivity index (χ0n) is 12.7. The lowest BCUT2D eigenvalue weighted by molar-refractivity contribution is -0.384. The topological polar surface area (TPSA) is 116 Å². The Morgan fingerprint density at radius 1 is 1.16 bits per heavy atom. The number of tetrazole rings is 1. The standard InChI is InChI=1S/C15H11FN6O3/c16-11-3-7-12(8-4-11)21-14(18-19-20-21)9-17-15(23)10-1-5-13(6-2-10)22(24)25/h1-8H,9H2,(H,17,23). The largest absolute Gasteiger partial charge is 0.345 e. The second-order valence-electron chi connectivity index (χ2n) is 4.97. The molecule has 0 saturated carbocycles. The molecule has 1 aromatic heterocycles. The maximum atomic E-state index is 13.0. The van der Waals surface area contributed by atoms with Crippen molar-refractivity contribution in [2.45, 2.75) is 6.54 Å². The average molecular weight is 342 g/mol. The number of nitrogens with one attached hydrogen (secondary N) is 1. The molecule has 0 saturated heterocycles. The molecule has 0 atom stereocenters. The summed E-state index contributed by atoms with van der Waals surface area (Å²) in [5.74, 6) is -0.463. The highest BCUT2D eigenvalue weighted by atomic mass is 19.1. The second kappa shape index (κ2) is 6.83. The monoisotopic (exact) mass is 342 g/mol. The Balaban J connectivity index is 1.70. The van der Waals surface area contributed by atoms with Gasteiger partial charge in [0.1, 0.15) is 5.82 Å². The molecular weight excluding hydrogens is 331 g/mol. The molecule has 0 unspecified atom stereocenters. The van der Waals surface area contributed by atoms with E-state index in [-0.39, 0.29) is 23.6 Å². The molecule has 9 nitrogen and oxygen atoms in total. The Hall–Kier alpha value is -3.69. The number of hydrogen-bond acceptors (Lipinski definition) is 6. The highest BCUT2D eigenvalue weighted by Crippen LogP contribution is 2.12. The number of nitro benzene ring substituents is 1. The lowest BCUT2D eigenvalue weighted by Gasteiger charge is -2.06. The Morgan fingerprint density at radius 3 is 2.48 bits per heavy atom. The molecule has 0 spiro atoms. The number of carbonyl (C=O) groups is 1. The van der Waals surface area contributed by atoms with Crippen LogP contribution in [0.5, 0.6) is 0 Å². The Morgan fingerprint density at radius 2 is 1.84 bits per heavy atom. The molecule has 2 aromatic carbocycles. The molecule has 1 amide bonds. The third-order valence-corrected chi connectivity index (χ3v) is 3.35. The van der Waals surface area contributed by atoms with Crippen LogP contribution in [-0.2, 0) is 6.54 Å². The second-order valence-corrected chi connectivity index (χ2v) is 4.97. The van der Waals surface area contributed by atoms with Gasteiger partial charge >= 0.3 is 0 Å². The predicted molar refractivity (Wildman–Crippen MR) is 83.4 cm³/mol. The quantitative estimate of drug-likeness (QED) is 0.556. The van der Waals surface area contributed by atoms with Gasteiger partial charge in [0, 0.05) is 17.7 Å². The van der Waals surface area contributed by atoms with Crippen molar-refractivity contribution >= 4 is 11.6 Å². The average Bonchev–Trinajstić information content (AvgIpc) is 3.09. The van der Waals surface area contributed by atoms with E-state index < -0.39 is 10.8 Å². The fraction of sp³-hybridized carbons (Fsp3) is 0.0667. The van der Waals surface area contributed by atoms with Crippen LogP contribution in [0.15, 0.2) is 48.5 Å². The number of nitrogens with zero attached hydrogens (tertiary/aromatic N) is 5. The fourth-order valence-corrected chi connectivity index (χ4v) is 2.09. The van der Waals surface area contributed by atoms with Crippen LogP contribution in [0, 0.1) is 15.9 Å². The van der Waals surface area contributed by atoms with Crippen LogP contribution in [0.2, 0.25) is 0 Å². The first-order valence-corrected chi connectivity index (χ1v) is 7.10. The molecule has 1 N–H and O–H groups in total. The molecule has 0 aliphatic heterocycles. The number of nitro groups is 1. The first kappa shape index (κ1) is 16.2. The molecule has 0 aliphatic carbocycles. The third kappa shape index (κ3) is 3.63. The summed E-state index contributed by atoms with van der Waals surface area (Å²) < 4.78 is 14.4. The minimum absolute atomic E-state index is 0.0280. The van der Waals surface area contributed by atoms with Gasteiger partial charge in [-0.2, -0.15) is 4.68 Å². The van der Waals surface area contributed by atoms with E-state index in [2.05, 4.69) is 20.8 Å². The lowest BCUT2D eigenvalue weighted by atomic mass is 10.2. The van der Waals surface area contributed by atoms with Crippen molar-refractivity contribution in [1.29, 1.82) is 0 Å². The van der Waals surface area contributed by atoms with Gasteiger partial charge in [0.25, 0.3) is 11.6 Å². The number of rotatable bonds is 5. The van der Waals surface area contributed by atoms with E-state index in [1.54, 1.807) is 0 Å². The number of amides is 1. The summed E-state index contributed by atoms with van der Waals surface area (Å²) in [6.45, 7) is 0.0280. The van der Waals surface area contributed by atoms with Crippen LogP contribution in [-0.4, -0.2) is 31.0 Å². The summed E-state index contributed by atoms with van der Waals surface area (Å²) in [4.78, 5) is 22.2. The molecule has 0 fully saturated rings. The van der Waals surface area contributed by atoms with E-state index in [0.717, 1.165) is 0 Å². The van der Waals surface area contributed by atoms with Crippen molar-refractivity contribution in [1.82, 2.24) is 25.5 Å². The number of aromatic nitrogens is 4. The molecule has 3 aromatic rings. The maximum absolute atomic E-state index is 13.0. The molecule has 126 valence electrons. The summed E-state index contributed by atoms with van der Waals surface area (Å²) in [7, 11) is 0. The summed E-state index contributed by atoms with van der Waals surface area (Å²) in [6.07, 6.45) is 0. The van der Waals surface area contributed by atoms with E-state index in [1.807, 2.05) is 0 Å². The van der Waals surface area contributed by atoms with Crippen molar-refractivity contribution < 1.29 is 14.1 Å². The number of carbonyl (C=O) groups excluding carboxylic acids is 1.